The monoisotopic (exact) mass is 388 g/mol. The number of fused-ring (bicyclic) bond motifs is 1. The highest BCUT2D eigenvalue weighted by molar-refractivity contribution is 5.96. The Kier molecular flexibility index (Phi) is 4.94. The third-order valence-corrected chi connectivity index (χ3v) is 4.22. The van der Waals surface area contributed by atoms with Gasteiger partial charge in [-0.3, -0.25) is 4.79 Å². The summed E-state index contributed by atoms with van der Waals surface area (Å²) in [5.74, 6) is 0.384. The van der Waals surface area contributed by atoms with E-state index in [0.717, 1.165) is 10.9 Å². The standard InChI is InChI=1S/C22H16N2O5/c1-27-22(26)15-8-6-14(7-9-15)19-11-10-17(28-19)13-23-24-21(25)20-12-16-4-2-3-5-18(16)29-20/h2-13H,1H3,(H,24,25)/b23-13-. The van der Waals surface area contributed by atoms with Gasteiger partial charge in [-0.1, -0.05) is 30.3 Å². The van der Waals surface area contributed by atoms with Gasteiger partial charge in [-0.05, 0) is 36.4 Å². The van der Waals surface area contributed by atoms with E-state index in [-0.39, 0.29) is 5.76 Å². The molecule has 0 radical (unpaired) electrons. The number of ether oxygens (including phenoxy) is 1. The molecule has 0 atom stereocenters. The summed E-state index contributed by atoms with van der Waals surface area (Å²) in [6.45, 7) is 0. The van der Waals surface area contributed by atoms with Crippen molar-refractivity contribution in [2.24, 2.45) is 5.10 Å². The molecule has 0 saturated carbocycles. The van der Waals surface area contributed by atoms with Gasteiger partial charge in [0.15, 0.2) is 5.76 Å². The number of rotatable bonds is 5. The lowest BCUT2D eigenvalue weighted by atomic mass is 10.1. The number of hydrogen-bond acceptors (Lipinski definition) is 6. The first kappa shape index (κ1) is 18.2. The van der Waals surface area contributed by atoms with Gasteiger partial charge in [0.1, 0.15) is 17.1 Å². The maximum Gasteiger partial charge on any atom is 0.337 e. The first-order valence-corrected chi connectivity index (χ1v) is 8.74. The van der Waals surface area contributed by atoms with Gasteiger partial charge in [-0.2, -0.15) is 5.10 Å². The highest BCUT2D eigenvalue weighted by atomic mass is 16.5. The number of furan rings is 2. The van der Waals surface area contributed by atoms with Crippen LogP contribution in [0.3, 0.4) is 0 Å². The molecule has 0 bridgehead atoms. The minimum Gasteiger partial charge on any atom is -0.465 e. The minimum absolute atomic E-state index is 0.175. The molecule has 0 aliphatic rings. The predicted octanol–water partition coefficient (Wildman–Crippen LogP) is 4.24. The third-order valence-electron chi connectivity index (χ3n) is 4.22. The largest absolute Gasteiger partial charge is 0.465 e. The van der Waals surface area contributed by atoms with E-state index in [1.54, 1.807) is 48.5 Å². The first-order chi connectivity index (χ1) is 14.1. The Balaban J connectivity index is 1.41. The zero-order valence-electron chi connectivity index (χ0n) is 15.4. The number of esters is 1. The number of methoxy groups -OCH3 is 1. The third kappa shape index (κ3) is 3.93. The summed E-state index contributed by atoms with van der Waals surface area (Å²) in [5.41, 5.74) is 4.30. The molecule has 2 heterocycles. The Bertz CT molecular complexity index is 1170. The molecule has 0 aliphatic carbocycles. The van der Waals surface area contributed by atoms with E-state index in [9.17, 15) is 9.59 Å². The Morgan fingerprint density at radius 3 is 2.55 bits per heavy atom. The van der Waals surface area contributed by atoms with Crippen molar-refractivity contribution in [1.82, 2.24) is 5.43 Å². The summed E-state index contributed by atoms with van der Waals surface area (Å²) in [5, 5.41) is 4.75. The number of carbonyl (C=O) groups excluding carboxylic acids is 2. The van der Waals surface area contributed by atoms with Crippen molar-refractivity contribution in [3.8, 4) is 11.3 Å². The van der Waals surface area contributed by atoms with Crippen molar-refractivity contribution in [3.63, 3.8) is 0 Å². The predicted molar refractivity (Wildman–Crippen MR) is 107 cm³/mol. The van der Waals surface area contributed by atoms with Crippen molar-refractivity contribution in [2.75, 3.05) is 7.11 Å². The Morgan fingerprint density at radius 1 is 1.00 bits per heavy atom. The van der Waals surface area contributed by atoms with Crippen molar-refractivity contribution in [3.05, 3.63) is 83.8 Å². The number of benzene rings is 2. The summed E-state index contributed by atoms with van der Waals surface area (Å²) in [7, 11) is 1.33. The van der Waals surface area contributed by atoms with E-state index in [1.807, 2.05) is 18.2 Å². The van der Waals surface area contributed by atoms with Crippen LogP contribution in [0.5, 0.6) is 0 Å². The molecular weight excluding hydrogens is 372 g/mol. The van der Waals surface area contributed by atoms with Crippen LogP contribution >= 0.6 is 0 Å². The molecule has 1 N–H and O–H groups in total. The fraction of sp³-hybridized carbons (Fsp3) is 0.0455. The average Bonchev–Trinajstić information content (AvgIpc) is 3.40. The zero-order chi connectivity index (χ0) is 20.2. The molecule has 7 nitrogen and oxygen atoms in total. The molecule has 29 heavy (non-hydrogen) atoms. The van der Waals surface area contributed by atoms with Crippen molar-refractivity contribution in [1.29, 1.82) is 0 Å². The SMILES string of the molecule is COC(=O)c1ccc(-c2ccc(/C=N\NC(=O)c3cc4ccccc4o3)o2)cc1. The summed E-state index contributed by atoms with van der Waals surface area (Å²) in [6, 6.07) is 19.3. The summed E-state index contributed by atoms with van der Waals surface area (Å²) in [6.07, 6.45) is 1.40. The van der Waals surface area contributed by atoms with Crippen LogP contribution < -0.4 is 5.43 Å². The van der Waals surface area contributed by atoms with Gasteiger partial charge in [-0.15, -0.1) is 0 Å². The highest BCUT2D eigenvalue weighted by Gasteiger charge is 2.11. The number of nitrogens with one attached hydrogen (secondary N) is 1. The summed E-state index contributed by atoms with van der Waals surface area (Å²) >= 11 is 0. The van der Waals surface area contributed by atoms with Crippen LogP contribution in [0.4, 0.5) is 0 Å². The molecule has 0 spiro atoms. The molecule has 144 valence electrons. The number of hydrazone groups is 1. The lowest BCUT2D eigenvalue weighted by Gasteiger charge is -2.00. The zero-order valence-corrected chi connectivity index (χ0v) is 15.4. The van der Waals surface area contributed by atoms with Crippen LogP contribution in [0.2, 0.25) is 0 Å². The fourth-order valence-electron chi connectivity index (χ4n) is 2.77. The molecule has 7 heteroatoms. The van der Waals surface area contributed by atoms with Gasteiger partial charge in [0.25, 0.3) is 0 Å². The molecule has 1 amide bonds. The van der Waals surface area contributed by atoms with E-state index in [0.29, 0.717) is 22.7 Å². The van der Waals surface area contributed by atoms with Gasteiger partial charge >= 0.3 is 11.9 Å². The van der Waals surface area contributed by atoms with Gasteiger partial charge in [0.2, 0.25) is 0 Å². The Hall–Kier alpha value is -4.13. The molecular formula is C22H16N2O5. The maximum atomic E-state index is 12.2. The van der Waals surface area contributed by atoms with Gasteiger partial charge in [-0.25, -0.2) is 10.2 Å². The molecule has 2 aromatic carbocycles. The van der Waals surface area contributed by atoms with Crippen LogP contribution in [0.25, 0.3) is 22.3 Å². The van der Waals surface area contributed by atoms with E-state index < -0.39 is 11.9 Å². The van der Waals surface area contributed by atoms with Crippen molar-refractivity contribution in [2.45, 2.75) is 0 Å². The second kappa shape index (κ2) is 7.85. The van der Waals surface area contributed by atoms with E-state index >= 15 is 0 Å². The lowest BCUT2D eigenvalue weighted by Crippen LogP contribution is -2.16. The van der Waals surface area contributed by atoms with E-state index in [2.05, 4.69) is 15.3 Å². The van der Waals surface area contributed by atoms with E-state index in [1.165, 1.54) is 13.3 Å². The van der Waals surface area contributed by atoms with Gasteiger partial charge < -0.3 is 13.6 Å². The van der Waals surface area contributed by atoms with Crippen LogP contribution in [0.15, 0.2) is 80.7 Å². The first-order valence-electron chi connectivity index (χ1n) is 8.74. The second-order valence-corrected chi connectivity index (χ2v) is 6.12. The van der Waals surface area contributed by atoms with Crippen LogP contribution in [-0.2, 0) is 4.74 Å². The quantitative estimate of drug-likeness (QED) is 0.313. The Morgan fingerprint density at radius 2 is 1.79 bits per heavy atom. The molecule has 4 aromatic rings. The van der Waals surface area contributed by atoms with Crippen molar-refractivity contribution >= 4 is 29.1 Å². The fourth-order valence-corrected chi connectivity index (χ4v) is 2.77. The molecule has 4 rings (SSSR count). The molecule has 0 unspecified atom stereocenters. The molecule has 0 aliphatic heterocycles. The second-order valence-electron chi connectivity index (χ2n) is 6.12. The molecule has 0 saturated heterocycles. The van der Waals surface area contributed by atoms with Crippen LogP contribution in [0.1, 0.15) is 26.7 Å². The smallest absolute Gasteiger partial charge is 0.337 e. The number of nitrogens with zero attached hydrogens (tertiary/aromatic N) is 1. The number of amides is 1. The number of para-hydroxylation sites is 1. The molecule has 0 fully saturated rings. The lowest BCUT2D eigenvalue weighted by molar-refractivity contribution is 0.0600. The van der Waals surface area contributed by atoms with Crippen molar-refractivity contribution < 1.29 is 23.2 Å². The number of carbonyl (C=O) groups is 2. The minimum atomic E-state index is -0.456. The molecule has 2 aromatic heterocycles. The topological polar surface area (TPSA) is 94.0 Å². The number of hydrogen-bond donors (Lipinski definition) is 1. The summed E-state index contributed by atoms with van der Waals surface area (Å²) in [4.78, 5) is 23.6. The Labute approximate surface area is 165 Å². The average molecular weight is 388 g/mol. The van der Waals surface area contributed by atoms with Crippen LogP contribution in [0, 0.1) is 0 Å². The summed E-state index contributed by atoms with van der Waals surface area (Å²) < 4.78 is 15.9. The van der Waals surface area contributed by atoms with Gasteiger partial charge in [0.05, 0.1) is 18.9 Å². The maximum absolute atomic E-state index is 12.2. The van der Waals surface area contributed by atoms with E-state index in [4.69, 9.17) is 8.83 Å². The highest BCUT2D eigenvalue weighted by Crippen LogP contribution is 2.22. The normalized spacial score (nSPS) is 11.1. The van der Waals surface area contributed by atoms with Gasteiger partial charge in [0, 0.05) is 10.9 Å². The van der Waals surface area contributed by atoms with Crippen LogP contribution in [-0.4, -0.2) is 25.2 Å².